The number of rotatable bonds is 4. The summed E-state index contributed by atoms with van der Waals surface area (Å²) in [7, 11) is 0. The van der Waals surface area contributed by atoms with Crippen molar-refractivity contribution >= 4 is 5.97 Å². The fourth-order valence-electron chi connectivity index (χ4n) is 1.60. The molecule has 0 heterocycles. The van der Waals surface area contributed by atoms with Crippen molar-refractivity contribution in [3.8, 4) is 0 Å². The van der Waals surface area contributed by atoms with Gasteiger partial charge in [0.25, 0.3) is 0 Å². The summed E-state index contributed by atoms with van der Waals surface area (Å²) in [5.74, 6) is -0.168. The fraction of sp³-hybridized carbons (Fsp3) is 0.533. The molecule has 0 aliphatic heterocycles. The zero-order valence-corrected chi connectivity index (χ0v) is 11.4. The molecule has 0 saturated carbocycles. The second kappa shape index (κ2) is 5.35. The van der Waals surface area contributed by atoms with Gasteiger partial charge in [-0.25, -0.2) is 0 Å². The monoisotopic (exact) mass is 234 g/mol. The second-order valence-corrected chi connectivity index (χ2v) is 5.11. The minimum Gasteiger partial charge on any atom is -0.455 e. The lowest BCUT2D eigenvalue weighted by Gasteiger charge is -2.27. The van der Waals surface area contributed by atoms with E-state index in [0.717, 1.165) is 12.0 Å². The average Bonchev–Trinajstić information content (AvgIpc) is 2.27. The SMILES string of the molecule is CCC(C)C(=O)OC(C)(C)c1cccc(C)c1. The van der Waals surface area contributed by atoms with Crippen LogP contribution in [0.4, 0.5) is 0 Å². The summed E-state index contributed by atoms with van der Waals surface area (Å²) in [4.78, 5) is 11.8. The molecule has 1 aromatic rings. The summed E-state index contributed by atoms with van der Waals surface area (Å²) in [5, 5.41) is 0. The molecule has 94 valence electrons. The van der Waals surface area contributed by atoms with Crippen molar-refractivity contribution in [2.45, 2.75) is 46.6 Å². The predicted octanol–water partition coefficient (Wildman–Crippen LogP) is 3.82. The first-order valence-corrected chi connectivity index (χ1v) is 6.17. The Balaban J connectivity index is 2.85. The van der Waals surface area contributed by atoms with Gasteiger partial charge in [0.1, 0.15) is 5.60 Å². The molecule has 0 aliphatic carbocycles. The predicted molar refractivity (Wildman–Crippen MR) is 69.8 cm³/mol. The molecule has 0 amide bonds. The van der Waals surface area contributed by atoms with Crippen LogP contribution in [0.15, 0.2) is 24.3 Å². The largest absolute Gasteiger partial charge is 0.455 e. The summed E-state index contributed by atoms with van der Waals surface area (Å²) in [6.45, 7) is 9.79. The molecule has 0 aliphatic rings. The van der Waals surface area contributed by atoms with Crippen molar-refractivity contribution in [2.24, 2.45) is 5.92 Å². The molecule has 1 unspecified atom stereocenters. The molecule has 1 rings (SSSR count). The molecule has 0 bridgehead atoms. The summed E-state index contributed by atoms with van der Waals surface area (Å²) >= 11 is 0. The Bertz CT molecular complexity index is 394. The second-order valence-electron chi connectivity index (χ2n) is 5.11. The summed E-state index contributed by atoms with van der Waals surface area (Å²) in [6.07, 6.45) is 0.808. The highest BCUT2D eigenvalue weighted by molar-refractivity contribution is 5.72. The van der Waals surface area contributed by atoms with E-state index in [0.29, 0.717) is 0 Å². The van der Waals surface area contributed by atoms with Crippen molar-refractivity contribution < 1.29 is 9.53 Å². The van der Waals surface area contributed by atoms with Gasteiger partial charge in [0, 0.05) is 0 Å². The molecular formula is C15H22O2. The summed E-state index contributed by atoms with van der Waals surface area (Å²) in [5.41, 5.74) is 1.65. The molecule has 2 nitrogen and oxygen atoms in total. The van der Waals surface area contributed by atoms with Gasteiger partial charge >= 0.3 is 5.97 Å². The molecule has 1 aromatic carbocycles. The van der Waals surface area contributed by atoms with Crippen LogP contribution >= 0.6 is 0 Å². The van der Waals surface area contributed by atoms with Crippen molar-refractivity contribution in [1.29, 1.82) is 0 Å². The lowest BCUT2D eigenvalue weighted by molar-refractivity contribution is -0.162. The average molecular weight is 234 g/mol. The number of hydrogen-bond acceptors (Lipinski definition) is 2. The zero-order valence-electron chi connectivity index (χ0n) is 11.4. The molecule has 0 N–H and O–H groups in total. The zero-order chi connectivity index (χ0) is 13.1. The van der Waals surface area contributed by atoms with Gasteiger partial charge in [0.15, 0.2) is 0 Å². The van der Waals surface area contributed by atoms with E-state index in [1.54, 1.807) is 0 Å². The van der Waals surface area contributed by atoms with Crippen molar-refractivity contribution in [2.75, 3.05) is 0 Å². The van der Waals surface area contributed by atoms with E-state index in [-0.39, 0.29) is 11.9 Å². The summed E-state index contributed by atoms with van der Waals surface area (Å²) < 4.78 is 5.59. The van der Waals surface area contributed by atoms with Crippen LogP contribution in [0, 0.1) is 12.8 Å². The number of aryl methyl sites for hydroxylation is 1. The van der Waals surface area contributed by atoms with Gasteiger partial charge in [-0.1, -0.05) is 43.7 Å². The Morgan fingerprint density at radius 1 is 1.41 bits per heavy atom. The van der Waals surface area contributed by atoms with Crippen LogP contribution in [-0.4, -0.2) is 5.97 Å². The fourth-order valence-corrected chi connectivity index (χ4v) is 1.60. The molecule has 1 atom stereocenters. The van der Waals surface area contributed by atoms with Gasteiger partial charge in [0.2, 0.25) is 0 Å². The van der Waals surface area contributed by atoms with Gasteiger partial charge in [-0.2, -0.15) is 0 Å². The van der Waals surface area contributed by atoms with E-state index in [9.17, 15) is 4.79 Å². The number of benzene rings is 1. The number of hydrogen-bond donors (Lipinski definition) is 0. The smallest absolute Gasteiger partial charge is 0.309 e. The topological polar surface area (TPSA) is 26.3 Å². The maximum atomic E-state index is 11.8. The lowest BCUT2D eigenvalue weighted by atomic mass is 9.96. The van der Waals surface area contributed by atoms with Crippen LogP contribution in [0.3, 0.4) is 0 Å². The third-order valence-electron chi connectivity index (χ3n) is 3.08. The van der Waals surface area contributed by atoms with E-state index in [4.69, 9.17) is 4.74 Å². The van der Waals surface area contributed by atoms with Crippen LogP contribution in [-0.2, 0) is 15.1 Å². The highest BCUT2D eigenvalue weighted by atomic mass is 16.6. The molecule has 0 radical (unpaired) electrons. The van der Waals surface area contributed by atoms with E-state index in [1.165, 1.54) is 5.56 Å². The molecule has 17 heavy (non-hydrogen) atoms. The molecule has 0 spiro atoms. The van der Waals surface area contributed by atoms with Crippen LogP contribution in [0.5, 0.6) is 0 Å². The van der Waals surface area contributed by atoms with Crippen molar-refractivity contribution in [1.82, 2.24) is 0 Å². The van der Waals surface area contributed by atoms with E-state index in [1.807, 2.05) is 52.8 Å². The Hall–Kier alpha value is -1.31. The van der Waals surface area contributed by atoms with Crippen LogP contribution in [0.1, 0.15) is 45.2 Å². The maximum Gasteiger partial charge on any atom is 0.309 e. The van der Waals surface area contributed by atoms with Gasteiger partial charge in [-0.15, -0.1) is 0 Å². The standard InChI is InChI=1S/C15H22O2/c1-6-12(3)14(16)17-15(4,5)13-9-7-8-11(2)10-13/h7-10,12H,6H2,1-5H3. The quantitative estimate of drug-likeness (QED) is 0.740. The first-order chi connectivity index (χ1) is 7.86. The van der Waals surface area contributed by atoms with Crippen LogP contribution in [0.25, 0.3) is 0 Å². The Labute approximate surface area is 104 Å². The normalized spacial score (nSPS) is 13.2. The first-order valence-electron chi connectivity index (χ1n) is 6.17. The summed E-state index contributed by atoms with van der Waals surface area (Å²) in [6, 6.07) is 8.08. The molecular weight excluding hydrogens is 212 g/mol. The Kier molecular flexibility index (Phi) is 4.33. The maximum absolute atomic E-state index is 11.8. The minimum atomic E-state index is -0.563. The van der Waals surface area contributed by atoms with Gasteiger partial charge in [-0.3, -0.25) is 4.79 Å². The minimum absolute atomic E-state index is 0.0425. The highest BCUT2D eigenvalue weighted by Crippen LogP contribution is 2.26. The van der Waals surface area contributed by atoms with E-state index < -0.39 is 5.60 Å². The molecule has 0 fully saturated rings. The van der Waals surface area contributed by atoms with Crippen LogP contribution in [0.2, 0.25) is 0 Å². The third-order valence-corrected chi connectivity index (χ3v) is 3.08. The van der Waals surface area contributed by atoms with Crippen LogP contribution < -0.4 is 0 Å². The Morgan fingerprint density at radius 2 is 2.06 bits per heavy atom. The van der Waals surface area contributed by atoms with Gasteiger partial charge in [0.05, 0.1) is 5.92 Å². The Morgan fingerprint density at radius 3 is 2.59 bits per heavy atom. The van der Waals surface area contributed by atoms with Crippen molar-refractivity contribution in [3.05, 3.63) is 35.4 Å². The van der Waals surface area contributed by atoms with E-state index in [2.05, 4.69) is 6.07 Å². The highest BCUT2D eigenvalue weighted by Gasteiger charge is 2.27. The molecule has 2 heteroatoms. The number of esters is 1. The first kappa shape index (κ1) is 13.8. The number of carbonyl (C=O) groups excluding carboxylic acids is 1. The molecule has 0 aromatic heterocycles. The van der Waals surface area contributed by atoms with Gasteiger partial charge < -0.3 is 4.74 Å². The number of ether oxygens (including phenoxy) is 1. The molecule has 0 saturated heterocycles. The van der Waals surface area contributed by atoms with Gasteiger partial charge in [-0.05, 0) is 32.8 Å². The van der Waals surface area contributed by atoms with Crippen molar-refractivity contribution in [3.63, 3.8) is 0 Å². The lowest BCUT2D eigenvalue weighted by Crippen LogP contribution is -2.28. The third kappa shape index (κ3) is 3.58. The van der Waals surface area contributed by atoms with E-state index >= 15 is 0 Å². The number of carbonyl (C=O) groups is 1.